The largest absolute Gasteiger partial charge is 0.491 e. The molecule has 0 saturated carbocycles. The van der Waals surface area contributed by atoms with Gasteiger partial charge in [0.15, 0.2) is 5.65 Å². The average molecular weight is 495 g/mol. The summed E-state index contributed by atoms with van der Waals surface area (Å²) >= 11 is 0. The molecule has 0 atom stereocenters. The van der Waals surface area contributed by atoms with Gasteiger partial charge in [0, 0.05) is 41.1 Å². The summed E-state index contributed by atoms with van der Waals surface area (Å²) in [5.74, 6) is 0.783. The van der Waals surface area contributed by atoms with Crippen LogP contribution in [-0.4, -0.2) is 55.7 Å². The molecule has 0 aliphatic heterocycles. The van der Waals surface area contributed by atoms with E-state index in [-0.39, 0.29) is 0 Å². The number of aromatic nitrogens is 5. The highest BCUT2D eigenvalue weighted by Crippen LogP contribution is 2.31. The fourth-order valence-electron chi connectivity index (χ4n) is 4.65. The lowest BCUT2D eigenvalue weighted by atomic mass is 10.0. The van der Waals surface area contributed by atoms with E-state index in [1.807, 2.05) is 60.4 Å². The van der Waals surface area contributed by atoms with Crippen LogP contribution in [0.3, 0.4) is 0 Å². The summed E-state index contributed by atoms with van der Waals surface area (Å²) < 4.78 is 7.79. The maximum atomic E-state index is 5.98. The Kier molecular flexibility index (Phi) is 7.70. The SMILES string of the molecule is CCCCN(CCC)CCOc1ccc(-c2cnc3c(-c4cccc5nc(C)ccc45)cnn3c2)nc1. The van der Waals surface area contributed by atoms with Crippen molar-refractivity contribution in [3.63, 3.8) is 0 Å². The number of rotatable bonds is 11. The number of benzene rings is 1. The van der Waals surface area contributed by atoms with E-state index in [0.717, 1.165) is 76.4 Å². The monoisotopic (exact) mass is 494 g/mol. The Hall–Kier alpha value is -3.84. The van der Waals surface area contributed by atoms with Crippen molar-refractivity contribution in [3.8, 4) is 28.1 Å². The van der Waals surface area contributed by atoms with Gasteiger partial charge in [0.25, 0.3) is 0 Å². The minimum absolute atomic E-state index is 0.664. The molecule has 0 spiro atoms. The Balaban J connectivity index is 1.30. The van der Waals surface area contributed by atoms with Crippen LogP contribution >= 0.6 is 0 Å². The molecule has 0 bridgehead atoms. The Labute approximate surface area is 218 Å². The molecule has 7 nitrogen and oxygen atoms in total. The Morgan fingerprint density at radius 3 is 2.59 bits per heavy atom. The molecule has 190 valence electrons. The van der Waals surface area contributed by atoms with Gasteiger partial charge in [-0.3, -0.25) is 14.9 Å². The lowest BCUT2D eigenvalue weighted by Gasteiger charge is -2.21. The van der Waals surface area contributed by atoms with E-state index in [1.54, 1.807) is 6.20 Å². The van der Waals surface area contributed by atoms with E-state index in [2.05, 4.69) is 45.9 Å². The van der Waals surface area contributed by atoms with Crippen molar-refractivity contribution in [2.75, 3.05) is 26.2 Å². The van der Waals surface area contributed by atoms with Crippen LogP contribution in [0.25, 0.3) is 38.9 Å². The van der Waals surface area contributed by atoms with Gasteiger partial charge in [0.2, 0.25) is 0 Å². The summed E-state index contributed by atoms with van der Waals surface area (Å²) in [5.41, 5.74) is 6.57. The third-order valence-electron chi connectivity index (χ3n) is 6.59. The Bertz CT molecular complexity index is 1480. The van der Waals surface area contributed by atoms with Crippen molar-refractivity contribution in [2.24, 2.45) is 0 Å². The highest BCUT2D eigenvalue weighted by Gasteiger charge is 2.13. The second kappa shape index (κ2) is 11.5. The Morgan fingerprint density at radius 2 is 1.78 bits per heavy atom. The van der Waals surface area contributed by atoms with Gasteiger partial charge in [-0.2, -0.15) is 5.10 Å². The van der Waals surface area contributed by atoms with Crippen LogP contribution < -0.4 is 4.74 Å². The van der Waals surface area contributed by atoms with Gasteiger partial charge in [-0.1, -0.05) is 38.5 Å². The van der Waals surface area contributed by atoms with Gasteiger partial charge in [0.05, 0.1) is 23.6 Å². The van der Waals surface area contributed by atoms with Crippen LogP contribution in [0, 0.1) is 6.92 Å². The zero-order chi connectivity index (χ0) is 25.6. The molecule has 1 aromatic carbocycles. The number of hydrogen-bond acceptors (Lipinski definition) is 6. The van der Waals surface area contributed by atoms with Crippen molar-refractivity contribution in [2.45, 2.75) is 40.0 Å². The smallest absolute Gasteiger partial charge is 0.162 e. The molecular weight excluding hydrogens is 460 g/mol. The van der Waals surface area contributed by atoms with E-state index in [0.29, 0.717) is 6.61 Å². The number of aryl methyl sites for hydroxylation is 1. The zero-order valence-electron chi connectivity index (χ0n) is 21.9. The highest BCUT2D eigenvalue weighted by molar-refractivity contribution is 5.98. The van der Waals surface area contributed by atoms with Gasteiger partial charge in [-0.15, -0.1) is 0 Å². The molecule has 0 amide bonds. The van der Waals surface area contributed by atoms with Crippen LogP contribution in [-0.2, 0) is 0 Å². The van der Waals surface area contributed by atoms with Gasteiger partial charge >= 0.3 is 0 Å². The molecule has 4 heterocycles. The van der Waals surface area contributed by atoms with Crippen LogP contribution in [0.1, 0.15) is 38.8 Å². The standard InChI is InChI=1S/C30H34N6O/c1-4-6-15-35(14-5-2)16-17-37-24-11-13-28(31-19-24)23-18-32-30-27(20-33-36(30)21-23)25-8-7-9-29-26(25)12-10-22(3)34-29/h7-13,18-21H,4-6,14-17H2,1-3H3. The van der Waals surface area contributed by atoms with E-state index in [4.69, 9.17) is 9.72 Å². The van der Waals surface area contributed by atoms with Gasteiger partial charge < -0.3 is 4.74 Å². The summed E-state index contributed by atoms with van der Waals surface area (Å²) in [7, 11) is 0. The second-order valence-electron chi connectivity index (χ2n) is 9.42. The molecule has 0 aliphatic carbocycles. The third-order valence-corrected chi connectivity index (χ3v) is 6.59. The zero-order valence-corrected chi connectivity index (χ0v) is 21.9. The molecule has 4 aromatic heterocycles. The number of nitrogens with zero attached hydrogens (tertiary/aromatic N) is 6. The van der Waals surface area contributed by atoms with Crippen molar-refractivity contribution in [3.05, 3.63) is 72.9 Å². The first kappa shape index (κ1) is 24.8. The summed E-state index contributed by atoms with van der Waals surface area (Å²) in [4.78, 5) is 16.5. The number of ether oxygens (including phenoxy) is 1. The van der Waals surface area contributed by atoms with E-state index < -0.39 is 0 Å². The van der Waals surface area contributed by atoms with Crippen molar-refractivity contribution >= 4 is 16.6 Å². The number of fused-ring (bicyclic) bond motifs is 2. The fourth-order valence-corrected chi connectivity index (χ4v) is 4.65. The van der Waals surface area contributed by atoms with E-state index in [1.165, 1.54) is 12.8 Å². The Morgan fingerprint density at radius 1 is 0.865 bits per heavy atom. The maximum absolute atomic E-state index is 5.98. The van der Waals surface area contributed by atoms with Crippen molar-refractivity contribution in [1.29, 1.82) is 0 Å². The third kappa shape index (κ3) is 5.62. The molecule has 0 saturated heterocycles. The van der Waals surface area contributed by atoms with Gasteiger partial charge in [-0.05, 0) is 62.7 Å². The molecule has 37 heavy (non-hydrogen) atoms. The predicted octanol–water partition coefficient (Wildman–Crippen LogP) is 6.21. The van der Waals surface area contributed by atoms with Gasteiger partial charge in [0.1, 0.15) is 12.4 Å². The number of unbranched alkanes of at least 4 members (excludes halogenated alkanes) is 1. The highest BCUT2D eigenvalue weighted by atomic mass is 16.5. The molecule has 5 rings (SSSR count). The molecule has 7 heteroatoms. The lowest BCUT2D eigenvalue weighted by Crippen LogP contribution is -2.30. The average Bonchev–Trinajstić information content (AvgIpc) is 3.34. The summed E-state index contributed by atoms with van der Waals surface area (Å²) in [6.07, 6.45) is 11.1. The van der Waals surface area contributed by atoms with Crippen LogP contribution in [0.15, 0.2) is 67.3 Å². The van der Waals surface area contributed by atoms with Crippen molar-refractivity contribution in [1.82, 2.24) is 29.5 Å². The van der Waals surface area contributed by atoms with E-state index in [9.17, 15) is 0 Å². The predicted molar refractivity (Wildman–Crippen MR) is 149 cm³/mol. The maximum Gasteiger partial charge on any atom is 0.162 e. The number of pyridine rings is 2. The fraction of sp³-hybridized carbons (Fsp3) is 0.333. The van der Waals surface area contributed by atoms with Crippen LogP contribution in [0.4, 0.5) is 0 Å². The first-order chi connectivity index (χ1) is 18.2. The lowest BCUT2D eigenvalue weighted by molar-refractivity contribution is 0.206. The molecule has 0 N–H and O–H groups in total. The molecule has 0 radical (unpaired) electrons. The molecule has 0 unspecified atom stereocenters. The summed E-state index contributed by atoms with van der Waals surface area (Å²) in [6, 6.07) is 14.3. The first-order valence-electron chi connectivity index (χ1n) is 13.2. The van der Waals surface area contributed by atoms with Crippen LogP contribution in [0.2, 0.25) is 0 Å². The van der Waals surface area contributed by atoms with E-state index >= 15 is 0 Å². The molecule has 0 aliphatic rings. The summed E-state index contributed by atoms with van der Waals surface area (Å²) in [5, 5.41) is 5.68. The minimum Gasteiger partial charge on any atom is -0.491 e. The van der Waals surface area contributed by atoms with Crippen LogP contribution in [0.5, 0.6) is 5.75 Å². The van der Waals surface area contributed by atoms with Crippen molar-refractivity contribution < 1.29 is 4.74 Å². The molecular formula is C30H34N6O. The molecule has 0 fully saturated rings. The second-order valence-corrected chi connectivity index (χ2v) is 9.42. The number of hydrogen-bond donors (Lipinski definition) is 0. The minimum atomic E-state index is 0.664. The topological polar surface area (TPSA) is 68.4 Å². The van der Waals surface area contributed by atoms with Gasteiger partial charge in [-0.25, -0.2) is 9.50 Å². The molecule has 5 aromatic rings. The normalized spacial score (nSPS) is 11.6. The first-order valence-corrected chi connectivity index (χ1v) is 13.2. The summed E-state index contributed by atoms with van der Waals surface area (Å²) in [6.45, 7) is 10.3. The quantitative estimate of drug-likeness (QED) is 0.218.